The molecule has 0 amide bonds. The van der Waals surface area contributed by atoms with Crippen molar-refractivity contribution >= 4 is 19.7 Å². The second-order valence-electron chi connectivity index (χ2n) is 2.75. The van der Waals surface area contributed by atoms with E-state index in [1.54, 1.807) is 0 Å². The van der Waals surface area contributed by atoms with Crippen molar-refractivity contribution in [1.82, 2.24) is 10.2 Å². The molecule has 0 saturated carbocycles. The Morgan fingerprint density at radius 3 is 1.29 bits per heavy atom. The van der Waals surface area contributed by atoms with Gasteiger partial charge in [-0.05, 0) is 12.1 Å². The van der Waals surface area contributed by atoms with Gasteiger partial charge in [-0.2, -0.15) is 0 Å². The molecule has 0 bridgehead atoms. The molecule has 0 aromatic carbocycles. The van der Waals surface area contributed by atoms with Crippen LogP contribution < -0.4 is 0 Å². The number of sulfone groups is 2. The fourth-order valence-corrected chi connectivity index (χ4v) is 1.71. The summed E-state index contributed by atoms with van der Waals surface area (Å²) in [7, 11) is -6.87. The van der Waals surface area contributed by atoms with Gasteiger partial charge in [-0.3, -0.25) is 0 Å². The Kier molecular flexibility index (Phi) is 2.59. The molecule has 0 aliphatic rings. The van der Waals surface area contributed by atoms with Gasteiger partial charge in [0.2, 0.25) is 0 Å². The van der Waals surface area contributed by atoms with Crippen LogP contribution in [0.1, 0.15) is 0 Å². The largest absolute Gasteiger partial charge is 0.222 e. The van der Waals surface area contributed by atoms with Gasteiger partial charge in [-0.15, -0.1) is 10.2 Å². The molecule has 0 aliphatic heterocycles. The molecule has 78 valence electrons. The van der Waals surface area contributed by atoms with Gasteiger partial charge in [-0.1, -0.05) is 0 Å². The van der Waals surface area contributed by atoms with Crippen LogP contribution in [0.5, 0.6) is 0 Å². The summed E-state index contributed by atoms with van der Waals surface area (Å²) in [5.41, 5.74) is 0. The fourth-order valence-electron chi connectivity index (χ4n) is 0.703. The molecule has 1 rings (SSSR count). The molecular formula is C6H8N2O4S2. The van der Waals surface area contributed by atoms with Gasteiger partial charge in [0.25, 0.3) is 0 Å². The first-order valence-corrected chi connectivity index (χ1v) is 7.23. The van der Waals surface area contributed by atoms with Crippen LogP contribution in [0.25, 0.3) is 0 Å². The molecular weight excluding hydrogens is 228 g/mol. The Morgan fingerprint density at radius 1 is 0.857 bits per heavy atom. The first-order chi connectivity index (χ1) is 6.21. The van der Waals surface area contributed by atoms with E-state index in [1.807, 2.05) is 0 Å². The van der Waals surface area contributed by atoms with Crippen molar-refractivity contribution in [3.63, 3.8) is 0 Å². The lowest BCUT2D eigenvalue weighted by atomic mass is 10.6. The first kappa shape index (κ1) is 11.1. The second kappa shape index (κ2) is 3.28. The Labute approximate surface area is 81.8 Å². The van der Waals surface area contributed by atoms with Crippen LogP contribution in [0, 0.1) is 0 Å². The predicted octanol–water partition coefficient (Wildman–Crippen LogP) is -0.716. The van der Waals surface area contributed by atoms with E-state index >= 15 is 0 Å². The van der Waals surface area contributed by atoms with Crippen LogP contribution in [-0.4, -0.2) is 39.5 Å². The quantitative estimate of drug-likeness (QED) is 0.673. The number of aromatic nitrogens is 2. The van der Waals surface area contributed by atoms with Crippen molar-refractivity contribution in [3.8, 4) is 0 Å². The van der Waals surface area contributed by atoms with E-state index in [-0.39, 0.29) is 10.1 Å². The van der Waals surface area contributed by atoms with E-state index in [0.717, 1.165) is 24.6 Å². The van der Waals surface area contributed by atoms with E-state index in [2.05, 4.69) is 10.2 Å². The minimum Gasteiger partial charge on any atom is -0.222 e. The van der Waals surface area contributed by atoms with Crippen LogP contribution >= 0.6 is 0 Å². The average Bonchev–Trinajstić information content (AvgIpc) is 2.01. The number of hydrogen-bond acceptors (Lipinski definition) is 6. The molecule has 8 heteroatoms. The van der Waals surface area contributed by atoms with Gasteiger partial charge in [0.1, 0.15) is 0 Å². The van der Waals surface area contributed by atoms with Crippen LogP contribution in [0.3, 0.4) is 0 Å². The van der Waals surface area contributed by atoms with E-state index in [4.69, 9.17) is 0 Å². The van der Waals surface area contributed by atoms with Gasteiger partial charge in [0.05, 0.1) is 0 Å². The van der Waals surface area contributed by atoms with Gasteiger partial charge >= 0.3 is 0 Å². The third kappa shape index (κ3) is 2.48. The summed E-state index contributed by atoms with van der Waals surface area (Å²) in [6, 6.07) is 2.22. The smallest absolute Gasteiger partial charge is 0.194 e. The van der Waals surface area contributed by atoms with Crippen molar-refractivity contribution < 1.29 is 16.8 Å². The molecule has 1 aromatic heterocycles. The second-order valence-corrected chi connectivity index (χ2v) is 6.68. The highest BCUT2D eigenvalue weighted by molar-refractivity contribution is 7.91. The highest BCUT2D eigenvalue weighted by Gasteiger charge is 2.13. The van der Waals surface area contributed by atoms with Gasteiger partial charge in [0.15, 0.2) is 29.7 Å². The van der Waals surface area contributed by atoms with E-state index in [1.165, 1.54) is 0 Å². The standard InChI is InChI=1S/C6H8N2O4S2/c1-13(9,10)5-3-4-6(8-7-5)14(2,11)12/h3-4H,1-2H3. The van der Waals surface area contributed by atoms with E-state index in [9.17, 15) is 16.8 Å². The zero-order valence-corrected chi connectivity index (χ0v) is 9.13. The monoisotopic (exact) mass is 236 g/mol. The van der Waals surface area contributed by atoms with E-state index in [0.29, 0.717) is 0 Å². The molecule has 0 aliphatic carbocycles. The van der Waals surface area contributed by atoms with Gasteiger partial charge in [0, 0.05) is 12.5 Å². The lowest BCUT2D eigenvalue weighted by Crippen LogP contribution is -2.06. The molecule has 6 nitrogen and oxygen atoms in total. The maximum absolute atomic E-state index is 10.9. The normalized spacial score (nSPS) is 12.7. The number of hydrogen-bond donors (Lipinski definition) is 0. The Balaban J connectivity index is 3.28. The molecule has 0 radical (unpaired) electrons. The third-order valence-electron chi connectivity index (χ3n) is 1.38. The third-order valence-corrected chi connectivity index (χ3v) is 3.33. The summed E-state index contributed by atoms with van der Waals surface area (Å²) >= 11 is 0. The molecule has 1 aromatic rings. The van der Waals surface area contributed by atoms with Gasteiger partial charge < -0.3 is 0 Å². The zero-order valence-electron chi connectivity index (χ0n) is 7.50. The molecule has 0 fully saturated rings. The Hall–Kier alpha value is -1.02. The lowest BCUT2D eigenvalue weighted by Gasteiger charge is -1.97. The number of nitrogens with zero attached hydrogens (tertiary/aromatic N) is 2. The Bertz CT molecular complexity index is 479. The molecule has 0 saturated heterocycles. The summed E-state index contributed by atoms with van der Waals surface area (Å²) in [5, 5.41) is 6.11. The van der Waals surface area contributed by atoms with Crippen molar-refractivity contribution in [2.75, 3.05) is 12.5 Å². The average molecular weight is 236 g/mol. The maximum Gasteiger partial charge on any atom is 0.194 e. The van der Waals surface area contributed by atoms with Crippen LogP contribution in [0.15, 0.2) is 22.2 Å². The minimum atomic E-state index is -3.43. The van der Waals surface area contributed by atoms with Crippen LogP contribution in [0.4, 0.5) is 0 Å². The van der Waals surface area contributed by atoms with Crippen LogP contribution in [-0.2, 0) is 19.7 Å². The predicted molar refractivity (Wildman–Crippen MR) is 48.3 cm³/mol. The Morgan fingerprint density at radius 2 is 1.14 bits per heavy atom. The van der Waals surface area contributed by atoms with Crippen LogP contribution in [0.2, 0.25) is 0 Å². The molecule has 0 spiro atoms. The summed E-state index contributed by atoms with van der Waals surface area (Å²) in [6.45, 7) is 0. The summed E-state index contributed by atoms with van der Waals surface area (Å²) in [6.07, 6.45) is 1.94. The highest BCUT2D eigenvalue weighted by Crippen LogP contribution is 2.07. The highest BCUT2D eigenvalue weighted by atomic mass is 32.2. The minimum absolute atomic E-state index is 0.245. The topological polar surface area (TPSA) is 94.1 Å². The lowest BCUT2D eigenvalue weighted by molar-refractivity contribution is 0.586. The molecule has 0 atom stereocenters. The molecule has 1 heterocycles. The molecule has 0 unspecified atom stereocenters. The van der Waals surface area contributed by atoms with Crippen molar-refractivity contribution in [3.05, 3.63) is 12.1 Å². The van der Waals surface area contributed by atoms with Crippen molar-refractivity contribution in [1.29, 1.82) is 0 Å². The van der Waals surface area contributed by atoms with Crippen molar-refractivity contribution in [2.45, 2.75) is 10.1 Å². The summed E-state index contributed by atoms with van der Waals surface area (Å²) < 4.78 is 43.8. The van der Waals surface area contributed by atoms with Gasteiger partial charge in [-0.25, -0.2) is 16.8 Å². The SMILES string of the molecule is CS(=O)(=O)c1ccc(S(C)(=O)=O)nn1. The fraction of sp³-hybridized carbons (Fsp3) is 0.333. The van der Waals surface area contributed by atoms with E-state index < -0.39 is 19.7 Å². The number of rotatable bonds is 2. The maximum atomic E-state index is 10.9. The summed E-state index contributed by atoms with van der Waals surface area (Å²) in [4.78, 5) is 0. The van der Waals surface area contributed by atoms with Crippen molar-refractivity contribution in [2.24, 2.45) is 0 Å². The summed E-state index contributed by atoms with van der Waals surface area (Å²) in [5.74, 6) is 0. The zero-order chi connectivity index (χ0) is 11.0. The first-order valence-electron chi connectivity index (χ1n) is 3.45. The molecule has 14 heavy (non-hydrogen) atoms. The molecule has 0 N–H and O–H groups in total.